The van der Waals surface area contributed by atoms with Gasteiger partial charge in [-0.05, 0) is 38.3 Å². The molecule has 0 N–H and O–H groups in total. The van der Waals surface area contributed by atoms with Crippen LogP contribution in [0.15, 0.2) is 24.3 Å². The van der Waals surface area contributed by atoms with Crippen molar-refractivity contribution in [2.75, 3.05) is 13.2 Å². The van der Waals surface area contributed by atoms with E-state index >= 15 is 0 Å². The molecule has 1 heterocycles. The van der Waals surface area contributed by atoms with Crippen LogP contribution in [-0.2, 0) is 4.74 Å². The Balaban J connectivity index is 1.94. The fourth-order valence-corrected chi connectivity index (χ4v) is 2.28. The summed E-state index contributed by atoms with van der Waals surface area (Å²) in [5.74, 6) is 0.840. The van der Waals surface area contributed by atoms with Crippen LogP contribution in [0.25, 0.3) is 0 Å². The number of Topliss-reactive ketones (excluding diaryl/α,β-unsaturated/α-hetero) is 1. The van der Waals surface area contributed by atoms with Crippen LogP contribution in [0.4, 0.5) is 0 Å². The summed E-state index contributed by atoms with van der Waals surface area (Å²) >= 11 is 0. The minimum Gasteiger partial charge on any atom is -0.493 e. The number of rotatable bonds is 6. The summed E-state index contributed by atoms with van der Waals surface area (Å²) in [6, 6.07) is 7.45. The Morgan fingerprint density at radius 1 is 1.44 bits per heavy atom. The minimum atomic E-state index is 0.148. The second-order valence-corrected chi connectivity index (χ2v) is 4.53. The Labute approximate surface area is 108 Å². The molecular formula is C15H20O3. The molecule has 1 unspecified atom stereocenters. The normalized spacial score (nSPS) is 18.8. The Hall–Kier alpha value is -1.35. The molecule has 1 aromatic rings. The van der Waals surface area contributed by atoms with Crippen molar-refractivity contribution in [2.45, 2.75) is 38.7 Å². The van der Waals surface area contributed by atoms with Crippen molar-refractivity contribution in [2.24, 2.45) is 0 Å². The molecule has 1 aromatic carbocycles. The van der Waals surface area contributed by atoms with Crippen LogP contribution < -0.4 is 4.74 Å². The zero-order valence-electron chi connectivity index (χ0n) is 10.9. The summed E-state index contributed by atoms with van der Waals surface area (Å²) in [7, 11) is 0. The van der Waals surface area contributed by atoms with Crippen molar-refractivity contribution in [1.29, 1.82) is 0 Å². The zero-order chi connectivity index (χ0) is 12.8. The van der Waals surface area contributed by atoms with E-state index < -0.39 is 0 Å². The molecule has 0 spiro atoms. The molecule has 1 aliphatic rings. The van der Waals surface area contributed by atoms with Gasteiger partial charge in [0, 0.05) is 13.0 Å². The Morgan fingerprint density at radius 3 is 3.00 bits per heavy atom. The van der Waals surface area contributed by atoms with Crippen LogP contribution in [0.1, 0.15) is 43.0 Å². The van der Waals surface area contributed by atoms with Gasteiger partial charge < -0.3 is 9.47 Å². The summed E-state index contributed by atoms with van der Waals surface area (Å²) < 4.78 is 11.0. The lowest BCUT2D eigenvalue weighted by Crippen LogP contribution is -2.10. The van der Waals surface area contributed by atoms with E-state index in [-0.39, 0.29) is 11.9 Å². The van der Waals surface area contributed by atoms with Crippen LogP contribution in [0, 0.1) is 0 Å². The summed E-state index contributed by atoms with van der Waals surface area (Å²) in [5.41, 5.74) is 0.692. The van der Waals surface area contributed by atoms with E-state index in [4.69, 9.17) is 9.47 Å². The predicted molar refractivity (Wildman–Crippen MR) is 70.1 cm³/mol. The van der Waals surface area contributed by atoms with Gasteiger partial charge in [0.1, 0.15) is 5.75 Å². The molecule has 3 heteroatoms. The van der Waals surface area contributed by atoms with Crippen molar-refractivity contribution >= 4 is 5.78 Å². The van der Waals surface area contributed by atoms with Crippen LogP contribution in [0.5, 0.6) is 5.75 Å². The van der Waals surface area contributed by atoms with Crippen LogP contribution in [0.3, 0.4) is 0 Å². The molecule has 0 radical (unpaired) electrons. The van der Waals surface area contributed by atoms with Gasteiger partial charge in [0.2, 0.25) is 0 Å². The standard InChI is InChI=1S/C15H20O3/c1-2-17-15-8-4-3-7-13(15)14(16)10-9-12-6-5-11-18-12/h3-4,7-8,12H,2,5-6,9-11H2,1H3. The molecule has 1 aliphatic heterocycles. The lowest BCUT2D eigenvalue weighted by atomic mass is 10.0. The van der Waals surface area contributed by atoms with Gasteiger partial charge in [-0.15, -0.1) is 0 Å². The highest BCUT2D eigenvalue weighted by atomic mass is 16.5. The maximum absolute atomic E-state index is 12.2. The average Bonchev–Trinajstić information content (AvgIpc) is 2.90. The largest absolute Gasteiger partial charge is 0.493 e. The third-order valence-corrected chi connectivity index (χ3v) is 3.20. The molecule has 0 aromatic heterocycles. The fourth-order valence-electron chi connectivity index (χ4n) is 2.28. The second kappa shape index (κ2) is 6.55. The molecule has 0 bridgehead atoms. The van der Waals surface area contributed by atoms with Gasteiger partial charge in [-0.2, -0.15) is 0 Å². The molecule has 0 saturated carbocycles. The van der Waals surface area contributed by atoms with Crippen molar-refractivity contribution in [3.63, 3.8) is 0 Å². The number of ketones is 1. The highest BCUT2D eigenvalue weighted by molar-refractivity contribution is 5.98. The topological polar surface area (TPSA) is 35.5 Å². The third kappa shape index (κ3) is 3.33. The molecule has 1 saturated heterocycles. The van der Waals surface area contributed by atoms with Crippen LogP contribution in [-0.4, -0.2) is 25.1 Å². The Kier molecular flexibility index (Phi) is 4.76. The number of hydrogen-bond donors (Lipinski definition) is 0. The first-order valence-corrected chi connectivity index (χ1v) is 6.68. The summed E-state index contributed by atoms with van der Waals surface area (Å²) in [6.07, 6.45) is 3.83. The first-order valence-electron chi connectivity index (χ1n) is 6.68. The van der Waals surface area contributed by atoms with E-state index in [1.807, 2.05) is 31.2 Å². The van der Waals surface area contributed by atoms with E-state index in [2.05, 4.69) is 0 Å². The molecular weight excluding hydrogens is 228 g/mol. The minimum absolute atomic E-state index is 0.148. The SMILES string of the molecule is CCOc1ccccc1C(=O)CCC1CCCO1. The van der Waals surface area contributed by atoms with Crippen molar-refractivity contribution in [3.8, 4) is 5.75 Å². The van der Waals surface area contributed by atoms with E-state index in [0.717, 1.165) is 25.9 Å². The van der Waals surface area contributed by atoms with E-state index in [9.17, 15) is 4.79 Å². The zero-order valence-corrected chi connectivity index (χ0v) is 10.9. The first kappa shape index (κ1) is 13.1. The molecule has 2 rings (SSSR count). The molecule has 0 aliphatic carbocycles. The maximum Gasteiger partial charge on any atom is 0.166 e. The Morgan fingerprint density at radius 2 is 2.28 bits per heavy atom. The molecule has 98 valence electrons. The highest BCUT2D eigenvalue weighted by Crippen LogP contribution is 2.22. The van der Waals surface area contributed by atoms with Gasteiger partial charge in [-0.25, -0.2) is 0 Å². The van der Waals surface area contributed by atoms with Crippen molar-refractivity contribution in [3.05, 3.63) is 29.8 Å². The summed E-state index contributed by atoms with van der Waals surface area (Å²) in [6.45, 7) is 3.35. The molecule has 3 nitrogen and oxygen atoms in total. The quantitative estimate of drug-likeness (QED) is 0.725. The van der Waals surface area contributed by atoms with Gasteiger partial charge in [-0.3, -0.25) is 4.79 Å². The third-order valence-electron chi connectivity index (χ3n) is 3.20. The maximum atomic E-state index is 12.2. The number of para-hydroxylation sites is 1. The fraction of sp³-hybridized carbons (Fsp3) is 0.533. The van der Waals surface area contributed by atoms with Gasteiger partial charge >= 0.3 is 0 Å². The van der Waals surface area contributed by atoms with Gasteiger partial charge in [0.05, 0.1) is 18.3 Å². The highest BCUT2D eigenvalue weighted by Gasteiger charge is 2.18. The van der Waals surface area contributed by atoms with Crippen molar-refractivity contribution in [1.82, 2.24) is 0 Å². The molecule has 1 fully saturated rings. The monoisotopic (exact) mass is 248 g/mol. The van der Waals surface area contributed by atoms with Gasteiger partial charge in [0.15, 0.2) is 5.78 Å². The van der Waals surface area contributed by atoms with Gasteiger partial charge in [0.25, 0.3) is 0 Å². The van der Waals surface area contributed by atoms with Crippen LogP contribution >= 0.6 is 0 Å². The Bertz CT molecular complexity index is 394. The predicted octanol–water partition coefficient (Wildman–Crippen LogP) is 3.23. The lowest BCUT2D eigenvalue weighted by Gasteiger charge is -2.11. The number of benzene rings is 1. The number of carbonyl (C=O) groups is 1. The summed E-state index contributed by atoms with van der Waals surface area (Å²) in [5, 5.41) is 0. The number of hydrogen-bond acceptors (Lipinski definition) is 3. The van der Waals surface area contributed by atoms with E-state index in [0.29, 0.717) is 24.3 Å². The first-order chi connectivity index (χ1) is 8.81. The van der Waals surface area contributed by atoms with E-state index in [1.54, 1.807) is 0 Å². The average molecular weight is 248 g/mol. The smallest absolute Gasteiger partial charge is 0.166 e. The number of carbonyl (C=O) groups excluding carboxylic acids is 1. The van der Waals surface area contributed by atoms with Crippen LogP contribution in [0.2, 0.25) is 0 Å². The molecule has 0 amide bonds. The summed E-state index contributed by atoms with van der Waals surface area (Å²) in [4.78, 5) is 12.2. The number of ether oxygens (including phenoxy) is 2. The van der Waals surface area contributed by atoms with Gasteiger partial charge in [-0.1, -0.05) is 12.1 Å². The lowest BCUT2D eigenvalue weighted by molar-refractivity contribution is 0.0857. The van der Waals surface area contributed by atoms with E-state index in [1.165, 1.54) is 0 Å². The molecule has 18 heavy (non-hydrogen) atoms. The second-order valence-electron chi connectivity index (χ2n) is 4.53. The van der Waals surface area contributed by atoms with Crippen molar-refractivity contribution < 1.29 is 14.3 Å². The molecule has 1 atom stereocenters.